The Hall–Kier alpha value is -2.01. The Morgan fingerprint density at radius 3 is 2.63 bits per heavy atom. The van der Waals surface area contributed by atoms with Crippen molar-refractivity contribution in [1.29, 1.82) is 0 Å². The van der Waals surface area contributed by atoms with Crippen molar-refractivity contribution in [3.63, 3.8) is 0 Å². The van der Waals surface area contributed by atoms with Gasteiger partial charge in [-0.2, -0.15) is 0 Å². The highest BCUT2D eigenvalue weighted by atomic mass is 32.2. The largest absolute Gasteiger partial charge is 0.465 e. The third-order valence-corrected chi connectivity index (χ3v) is 3.31. The van der Waals surface area contributed by atoms with Gasteiger partial charge in [-0.25, -0.2) is 9.78 Å². The highest BCUT2D eigenvalue weighted by Crippen LogP contribution is 2.22. The van der Waals surface area contributed by atoms with Gasteiger partial charge in [0, 0.05) is 16.8 Å². The average Bonchev–Trinajstić information content (AvgIpc) is 2.48. The summed E-state index contributed by atoms with van der Waals surface area (Å²) in [6.45, 7) is 0. The summed E-state index contributed by atoms with van der Waals surface area (Å²) in [5, 5.41) is 3.12. The molecule has 1 aromatic carbocycles. The average molecular weight is 274 g/mol. The molecule has 0 aliphatic heterocycles. The number of carbonyl (C=O) groups is 1. The first-order valence-electron chi connectivity index (χ1n) is 5.69. The van der Waals surface area contributed by atoms with Crippen LogP contribution in [-0.2, 0) is 4.74 Å². The van der Waals surface area contributed by atoms with Gasteiger partial charge in [0.25, 0.3) is 0 Å². The van der Waals surface area contributed by atoms with Gasteiger partial charge in [0.15, 0.2) is 0 Å². The standard InChI is InChI=1S/C14H14N2O2S/c1-18-14(17)12-4-3-9-15-13(12)16-10-5-7-11(19-2)8-6-10/h3-9H,1-2H3,(H,15,16). The van der Waals surface area contributed by atoms with E-state index in [2.05, 4.69) is 10.3 Å². The zero-order valence-electron chi connectivity index (χ0n) is 10.7. The van der Waals surface area contributed by atoms with Crippen molar-refractivity contribution in [2.24, 2.45) is 0 Å². The number of anilines is 2. The van der Waals surface area contributed by atoms with Gasteiger partial charge in [0.2, 0.25) is 0 Å². The van der Waals surface area contributed by atoms with Crippen molar-refractivity contribution >= 4 is 29.2 Å². The topological polar surface area (TPSA) is 51.2 Å². The van der Waals surface area contributed by atoms with Crippen LogP contribution in [0, 0.1) is 0 Å². The number of carbonyl (C=O) groups excluding carboxylic acids is 1. The summed E-state index contributed by atoms with van der Waals surface area (Å²) >= 11 is 1.68. The lowest BCUT2D eigenvalue weighted by Crippen LogP contribution is -2.06. The monoisotopic (exact) mass is 274 g/mol. The van der Waals surface area contributed by atoms with Crippen LogP contribution in [0.2, 0.25) is 0 Å². The van der Waals surface area contributed by atoms with Crippen LogP contribution in [-0.4, -0.2) is 24.3 Å². The minimum absolute atomic E-state index is 0.406. The number of rotatable bonds is 4. The lowest BCUT2D eigenvalue weighted by Gasteiger charge is -2.09. The zero-order chi connectivity index (χ0) is 13.7. The lowest BCUT2D eigenvalue weighted by atomic mass is 10.2. The van der Waals surface area contributed by atoms with Crippen molar-refractivity contribution in [3.05, 3.63) is 48.2 Å². The minimum atomic E-state index is -0.406. The normalized spacial score (nSPS) is 10.0. The third kappa shape index (κ3) is 3.26. The van der Waals surface area contributed by atoms with Crippen molar-refractivity contribution in [2.45, 2.75) is 4.90 Å². The molecule has 0 amide bonds. The molecule has 4 nitrogen and oxygen atoms in total. The summed E-state index contributed by atoms with van der Waals surface area (Å²) in [5.41, 5.74) is 1.29. The first-order valence-corrected chi connectivity index (χ1v) is 6.91. The molecule has 98 valence electrons. The fourth-order valence-electron chi connectivity index (χ4n) is 1.59. The van der Waals surface area contributed by atoms with Crippen LogP contribution in [0.25, 0.3) is 0 Å². The van der Waals surface area contributed by atoms with E-state index < -0.39 is 5.97 Å². The molecule has 0 saturated heterocycles. The van der Waals surface area contributed by atoms with E-state index >= 15 is 0 Å². The molecule has 0 atom stereocenters. The molecule has 1 N–H and O–H groups in total. The number of thioether (sulfide) groups is 1. The van der Waals surface area contributed by atoms with Gasteiger partial charge in [-0.3, -0.25) is 0 Å². The van der Waals surface area contributed by atoms with Crippen LogP contribution in [0.1, 0.15) is 10.4 Å². The second kappa shape index (κ2) is 6.24. The van der Waals surface area contributed by atoms with Gasteiger partial charge in [-0.05, 0) is 42.7 Å². The first kappa shape index (κ1) is 13.4. The number of ether oxygens (including phenoxy) is 1. The van der Waals surface area contributed by atoms with E-state index in [4.69, 9.17) is 4.74 Å². The Labute approximate surface area is 116 Å². The molecule has 1 heterocycles. The molecule has 2 rings (SSSR count). The molecule has 0 spiro atoms. The summed E-state index contributed by atoms with van der Waals surface area (Å²) in [5.74, 6) is 0.0857. The maximum Gasteiger partial charge on any atom is 0.341 e. The fraction of sp³-hybridized carbons (Fsp3) is 0.143. The second-order valence-corrected chi connectivity index (χ2v) is 4.62. The predicted octanol–water partition coefficient (Wildman–Crippen LogP) is 3.33. The molecule has 0 unspecified atom stereocenters. The van der Waals surface area contributed by atoms with Gasteiger partial charge in [-0.15, -0.1) is 11.8 Å². The summed E-state index contributed by atoms with van der Waals surface area (Å²) in [4.78, 5) is 17.0. The van der Waals surface area contributed by atoms with Crippen molar-refractivity contribution < 1.29 is 9.53 Å². The SMILES string of the molecule is COC(=O)c1cccnc1Nc1ccc(SC)cc1. The van der Waals surface area contributed by atoms with Crippen LogP contribution < -0.4 is 5.32 Å². The molecule has 0 saturated carbocycles. The van der Waals surface area contributed by atoms with Gasteiger partial charge in [0.05, 0.1) is 7.11 Å². The molecule has 0 fully saturated rings. The van der Waals surface area contributed by atoms with Crippen LogP contribution >= 0.6 is 11.8 Å². The summed E-state index contributed by atoms with van der Waals surface area (Å²) in [7, 11) is 1.35. The number of hydrogen-bond acceptors (Lipinski definition) is 5. The Bertz CT molecular complexity index is 570. The number of benzene rings is 1. The Morgan fingerprint density at radius 1 is 1.26 bits per heavy atom. The second-order valence-electron chi connectivity index (χ2n) is 3.74. The minimum Gasteiger partial charge on any atom is -0.465 e. The highest BCUT2D eigenvalue weighted by Gasteiger charge is 2.12. The predicted molar refractivity (Wildman–Crippen MR) is 77.1 cm³/mol. The number of hydrogen-bond donors (Lipinski definition) is 1. The number of nitrogens with zero attached hydrogens (tertiary/aromatic N) is 1. The van der Waals surface area contributed by atoms with E-state index in [9.17, 15) is 4.79 Å². The number of methoxy groups -OCH3 is 1. The Morgan fingerprint density at radius 2 is 2.00 bits per heavy atom. The Balaban J connectivity index is 2.25. The van der Waals surface area contributed by atoms with Gasteiger partial charge in [0.1, 0.15) is 11.4 Å². The van der Waals surface area contributed by atoms with E-state index in [1.807, 2.05) is 30.5 Å². The third-order valence-electron chi connectivity index (χ3n) is 2.57. The molecular formula is C14H14N2O2S. The van der Waals surface area contributed by atoms with Crippen LogP contribution in [0.5, 0.6) is 0 Å². The smallest absolute Gasteiger partial charge is 0.341 e. The molecule has 5 heteroatoms. The molecule has 0 aliphatic rings. The van der Waals surface area contributed by atoms with Gasteiger partial charge >= 0.3 is 5.97 Å². The maximum atomic E-state index is 11.6. The number of aromatic nitrogens is 1. The quantitative estimate of drug-likeness (QED) is 0.684. The number of nitrogens with one attached hydrogen (secondary N) is 1. The first-order chi connectivity index (χ1) is 9.24. The van der Waals surface area contributed by atoms with E-state index in [-0.39, 0.29) is 0 Å². The maximum absolute atomic E-state index is 11.6. The molecule has 0 aliphatic carbocycles. The lowest BCUT2D eigenvalue weighted by molar-refractivity contribution is 0.0601. The van der Waals surface area contributed by atoms with Gasteiger partial charge < -0.3 is 10.1 Å². The molecule has 19 heavy (non-hydrogen) atoms. The molecule has 0 radical (unpaired) electrons. The fourth-order valence-corrected chi connectivity index (χ4v) is 2.00. The van der Waals surface area contributed by atoms with Gasteiger partial charge in [-0.1, -0.05) is 0 Å². The van der Waals surface area contributed by atoms with E-state index in [0.29, 0.717) is 11.4 Å². The highest BCUT2D eigenvalue weighted by molar-refractivity contribution is 7.98. The molecule has 2 aromatic rings. The molecule has 0 bridgehead atoms. The molecular weight excluding hydrogens is 260 g/mol. The summed E-state index contributed by atoms with van der Waals surface area (Å²) in [6.07, 6.45) is 3.65. The van der Waals surface area contributed by atoms with Crippen LogP contribution in [0.4, 0.5) is 11.5 Å². The summed E-state index contributed by atoms with van der Waals surface area (Å²) in [6, 6.07) is 11.3. The van der Waals surface area contributed by atoms with Crippen molar-refractivity contribution in [1.82, 2.24) is 4.98 Å². The summed E-state index contributed by atoms with van der Waals surface area (Å²) < 4.78 is 4.73. The van der Waals surface area contributed by atoms with E-state index in [0.717, 1.165) is 5.69 Å². The number of esters is 1. The van der Waals surface area contributed by atoms with Crippen LogP contribution in [0.3, 0.4) is 0 Å². The van der Waals surface area contributed by atoms with E-state index in [1.165, 1.54) is 12.0 Å². The van der Waals surface area contributed by atoms with Crippen molar-refractivity contribution in [3.8, 4) is 0 Å². The van der Waals surface area contributed by atoms with Crippen molar-refractivity contribution in [2.75, 3.05) is 18.7 Å². The van der Waals surface area contributed by atoms with Crippen LogP contribution in [0.15, 0.2) is 47.5 Å². The number of pyridine rings is 1. The zero-order valence-corrected chi connectivity index (χ0v) is 11.5. The molecule has 1 aromatic heterocycles. The Kier molecular flexibility index (Phi) is 4.41. The van der Waals surface area contributed by atoms with E-state index in [1.54, 1.807) is 30.1 Å².